The van der Waals surface area contributed by atoms with E-state index in [1.165, 1.54) is 31.2 Å². The average molecular weight is 477 g/mol. The van der Waals surface area contributed by atoms with Crippen LogP contribution in [0.25, 0.3) is 0 Å². The molecule has 160 valence electrons. The molecule has 2 aliphatic rings. The molecular formula is C16H16N5NaO7S2. The maximum atomic E-state index is 12.6. The fourth-order valence-corrected chi connectivity index (χ4v) is 4.75. The molecule has 2 amide bonds. The summed E-state index contributed by atoms with van der Waals surface area (Å²) >= 11 is 2.32. The summed E-state index contributed by atoms with van der Waals surface area (Å²) in [6.45, 7) is 0.919. The molecule has 12 nitrogen and oxygen atoms in total. The number of carbonyl (C=O) groups excluding carboxylic acids is 4. The van der Waals surface area contributed by atoms with Crippen molar-refractivity contribution in [2.75, 3.05) is 25.2 Å². The van der Waals surface area contributed by atoms with Crippen molar-refractivity contribution in [3.05, 3.63) is 22.3 Å². The Kier molecular flexibility index (Phi) is 8.48. The second-order valence-corrected chi connectivity index (χ2v) is 8.07. The summed E-state index contributed by atoms with van der Waals surface area (Å²) in [5.41, 5.74) is 5.46. The van der Waals surface area contributed by atoms with Crippen molar-refractivity contribution in [1.29, 1.82) is 0 Å². The maximum Gasteiger partial charge on any atom is 1.00 e. The Bertz CT molecular complexity index is 979. The molecular weight excluding hydrogens is 461 g/mol. The van der Waals surface area contributed by atoms with Gasteiger partial charge in [0, 0.05) is 23.6 Å². The third-order valence-electron chi connectivity index (χ3n) is 4.14. The van der Waals surface area contributed by atoms with E-state index in [-0.39, 0.29) is 69.7 Å². The summed E-state index contributed by atoms with van der Waals surface area (Å²) in [5, 5.41) is 18.8. The second-order valence-electron chi connectivity index (χ2n) is 6.07. The first-order valence-corrected chi connectivity index (χ1v) is 10.3. The van der Waals surface area contributed by atoms with Crippen LogP contribution in [-0.4, -0.2) is 70.2 Å². The van der Waals surface area contributed by atoms with E-state index in [4.69, 9.17) is 10.5 Å². The van der Waals surface area contributed by atoms with E-state index < -0.39 is 35.2 Å². The summed E-state index contributed by atoms with van der Waals surface area (Å²) in [7, 11) is 1.25. The molecule has 31 heavy (non-hydrogen) atoms. The number of ether oxygens (including phenoxy) is 1. The van der Waals surface area contributed by atoms with Gasteiger partial charge in [0.15, 0.2) is 10.8 Å². The molecule has 3 heterocycles. The Hall–Kier alpha value is -2.13. The Labute approximate surface area is 206 Å². The molecule has 0 bridgehead atoms. The van der Waals surface area contributed by atoms with Crippen molar-refractivity contribution in [2.45, 2.75) is 18.3 Å². The van der Waals surface area contributed by atoms with E-state index in [0.717, 1.165) is 16.2 Å². The van der Waals surface area contributed by atoms with Crippen LogP contribution in [0.5, 0.6) is 0 Å². The minimum absolute atomic E-state index is 0. The normalized spacial score (nSPS) is 20.3. The summed E-state index contributed by atoms with van der Waals surface area (Å²) in [5.74, 6) is -3.35. The number of nitrogen functional groups attached to an aromatic ring is 1. The molecule has 1 fully saturated rings. The summed E-state index contributed by atoms with van der Waals surface area (Å²) in [6, 6.07) is -0.995. The van der Waals surface area contributed by atoms with Crippen LogP contribution in [0, 0.1) is 0 Å². The molecule has 2 aliphatic heterocycles. The van der Waals surface area contributed by atoms with E-state index in [0.29, 0.717) is 0 Å². The number of thioether (sulfide) groups is 1. The number of nitrogens with zero attached hydrogens (tertiary/aromatic N) is 3. The zero-order valence-corrected chi connectivity index (χ0v) is 20.4. The van der Waals surface area contributed by atoms with Crippen molar-refractivity contribution >= 4 is 57.7 Å². The number of nitrogens with one attached hydrogen (secondary N) is 1. The number of aromatic nitrogens is 1. The molecule has 1 aromatic rings. The first kappa shape index (κ1) is 25.1. The predicted octanol–water partition coefficient (Wildman–Crippen LogP) is -4.95. The van der Waals surface area contributed by atoms with Crippen LogP contribution in [0.15, 0.2) is 21.8 Å². The number of rotatable bonds is 7. The van der Waals surface area contributed by atoms with E-state index in [1.807, 2.05) is 0 Å². The minimum Gasteiger partial charge on any atom is -0.543 e. The van der Waals surface area contributed by atoms with E-state index >= 15 is 0 Å². The standard InChI is InChI=1S/C16H17N5O7S2.Na/c1-6(22)28-3-7-4-29-14-10(13(24)21(14)11(7)15(25)26)19-12(23)9(20-27-2)8-5-30-16(17)18-8;/h5,10,14H,3-4H2,1-2H3,(H2,17,18)(H,19,23)(H,25,26);/q;+1/p-1/b20-9+;/t10-,14?;/m0./s1. The van der Waals surface area contributed by atoms with Gasteiger partial charge in [0.1, 0.15) is 30.8 Å². The van der Waals surface area contributed by atoms with Crippen molar-refractivity contribution in [2.24, 2.45) is 5.16 Å². The van der Waals surface area contributed by atoms with Gasteiger partial charge in [-0.1, -0.05) is 5.16 Å². The average Bonchev–Trinajstić information content (AvgIpc) is 3.13. The van der Waals surface area contributed by atoms with Crippen molar-refractivity contribution in [1.82, 2.24) is 15.2 Å². The van der Waals surface area contributed by atoms with Gasteiger partial charge in [-0.15, -0.1) is 23.1 Å². The van der Waals surface area contributed by atoms with Gasteiger partial charge in [0.05, 0.1) is 11.7 Å². The van der Waals surface area contributed by atoms with Gasteiger partial charge in [0.2, 0.25) is 0 Å². The number of carbonyl (C=O) groups is 4. The van der Waals surface area contributed by atoms with Gasteiger partial charge >= 0.3 is 35.5 Å². The number of hydrogen-bond donors (Lipinski definition) is 2. The van der Waals surface area contributed by atoms with Crippen LogP contribution in [-0.2, 0) is 28.8 Å². The number of amides is 2. The third kappa shape index (κ3) is 5.20. The number of anilines is 1. The Balaban J connectivity index is 0.00000341. The van der Waals surface area contributed by atoms with E-state index in [9.17, 15) is 24.3 Å². The summed E-state index contributed by atoms with van der Waals surface area (Å²) in [6.07, 6.45) is 0. The van der Waals surface area contributed by atoms with Crippen molar-refractivity contribution in [3.8, 4) is 0 Å². The van der Waals surface area contributed by atoms with Gasteiger partial charge in [-0.3, -0.25) is 19.3 Å². The molecule has 0 aliphatic carbocycles. The molecule has 1 saturated heterocycles. The molecule has 0 aromatic carbocycles. The first-order valence-electron chi connectivity index (χ1n) is 8.39. The quantitative estimate of drug-likeness (QED) is 0.127. The number of carboxylic acid groups (broad SMARTS) is 1. The molecule has 15 heteroatoms. The number of thiazole rings is 1. The number of oxime groups is 1. The smallest absolute Gasteiger partial charge is 0.543 e. The van der Waals surface area contributed by atoms with Crippen LogP contribution in [0.4, 0.5) is 5.13 Å². The van der Waals surface area contributed by atoms with Crippen LogP contribution in [0.3, 0.4) is 0 Å². The third-order valence-corrected chi connectivity index (χ3v) is 6.15. The molecule has 1 aromatic heterocycles. The Morgan fingerprint density at radius 3 is 2.71 bits per heavy atom. The van der Waals surface area contributed by atoms with Gasteiger partial charge in [-0.05, 0) is 0 Å². The maximum absolute atomic E-state index is 12.6. The van der Waals surface area contributed by atoms with Crippen molar-refractivity contribution < 1.29 is 63.4 Å². The molecule has 0 spiro atoms. The zero-order chi connectivity index (χ0) is 22.0. The molecule has 1 unspecified atom stereocenters. The molecule has 2 atom stereocenters. The van der Waals surface area contributed by atoms with Gasteiger partial charge in [-0.2, -0.15) is 0 Å². The summed E-state index contributed by atoms with van der Waals surface area (Å²) < 4.78 is 4.85. The van der Waals surface area contributed by atoms with Crippen LogP contribution in [0.2, 0.25) is 0 Å². The van der Waals surface area contributed by atoms with E-state index in [2.05, 4.69) is 20.3 Å². The number of hydrogen-bond acceptors (Lipinski definition) is 12. The van der Waals surface area contributed by atoms with Gasteiger partial charge in [-0.25, -0.2) is 4.98 Å². The van der Waals surface area contributed by atoms with Crippen molar-refractivity contribution in [3.63, 3.8) is 0 Å². The van der Waals surface area contributed by atoms with Gasteiger partial charge in [0.25, 0.3) is 11.8 Å². The van der Waals surface area contributed by atoms with E-state index in [1.54, 1.807) is 0 Å². The molecule has 0 saturated carbocycles. The van der Waals surface area contributed by atoms with Crippen LogP contribution < -0.4 is 45.7 Å². The Morgan fingerprint density at radius 1 is 1.45 bits per heavy atom. The molecule has 3 N–H and O–H groups in total. The van der Waals surface area contributed by atoms with Crippen LogP contribution >= 0.6 is 23.1 Å². The first-order chi connectivity index (χ1) is 14.2. The molecule has 0 radical (unpaired) electrons. The molecule has 3 rings (SSSR count). The minimum atomic E-state index is -1.57. The SMILES string of the molecule is CO/N=C(/C(=O)N[C@H]1C(=O)N2C(C(=O)[O-])=C(COC(C)=O)CSC12)c1csc(N)n1.[Na+]. The number of aliphatic carboxylic acids is 1. The predicted molar refractivity (Wildman–Crippen MR) is 104 cm³/mol. The topological polar surface area (TPSA) is 176 Å². The Morgan fingerprint density at radius 2 is 2.16 bits per heavy atom. The zero-order valence-electron chi connectivity index (χ0n) is 16.7. The second kappa shape index (κ2) is 10.5. The fraction of sp³-hybridized carbons (Fsp3) is 0.375. The number of β-lactam (4-membered cyclic amide) rings is 1. The monoisotopic (exact) mass is 477 g/mol. The van der Waals surface area contributed by atoms with Crippen LogP contribution in [0.1, 0.15) is 12.6 Å². The number of nitrogens with two attached hydrogens (primary N) is 1. The summed E-state index contributed by atoms with van der Waals surface area (Å²) in [4.78, 5) is 57.5. The fourth-order valence-electron chi connectivity index (χ4n) is 2.87. The number of esters is 1. The number of carboxylic acids is 1. The largest absolute Gasteiger partial charge is 1.00 e. The van der Waals surface area contributed by atoms with Gasteiger partial charge < -0.3 is 30.5 Å². The number of fused-ring (bicyclic) bond motifs is 1.